The SMILES string of the molecule is CCCCCOC(=O)Nc1ncn(C2OC(COP(=O)(O)OP(=O)(OCc3ccc(OC(C)=O)cc3)OCc3ccc(OC(C)=O)cc3)C(O)C2O)c(=O)n1. The van der Waals surface area contributed by atoms with Crippen LogP contribution >= 0.6 is 15.6 Å². The van der Waals surface area contributed by atoms with E-state index in [1.807, 2.05) is 6.92 Å². The molecule has 0 radical (unpaired) electrons. The number of carbonyl (C=O) groups is 3. The molecular formula is C32H40N4O17P2. The highest BCUT2D eigenvalue weighted by atomic mass is 31.3. The summed E-state index contributed by atoms with van der Waals surface area (Å²) in [5.41, 5.74) is -0.339. The second kappa shape index (κ2) is 20.0. The van der Waals surface area contributed by atoms with Gasteiger partial charge in [0.15, 0.2) is 6.23 Å². The summed E-state index contributed by atoms with van der Waals surface area (Å²) in [6.45, 7) is 2.62. The number of phosphoric ester groups is 2. The van der Waals surface area contributed by atoms with Crippen molar-refractivity contribution < 1.29 is 75.4 Å². The van der Waals surface area contributed by atoms with E-state index in [4.69, 9.17) is 36.8 Å². The van der Waals surface area contributed by atoms with E-state index >= 15 is 0 Å². The predicted molar refractivity (Wildman–Crippen MR) is 186 cm³/mol. The normalized spacial score (nSPS) is 19.3. The Morgan fingerprint density at radius 3 is 1.95 bits per heavy atom. The molecular weight excluding hydrogens is 774 g/mol. The molecule has 1 amide bonds. The van der Waals surface area contributed by atoms with Crippen LogP contribution in [0.2, 0.25) is 0 Å². The number of ether oxygens (including phenoxy) is 4. The molecule has 1 aromatic heterocycles. The number of rotatable bonds is 19. The van der Waals surface area contributed by atoms with Crippen molar-refractivity contribution in [3.8, 4) is 11.5 Å². The van der Waals surface area contributed by atoms with E-state index in [0.717, 1.165) is 19.2 Å². The number of unbranched alkanes of at least 4 members (excludes halogenated alkanes) is 2. The van der Waals surface area contributed by atoms with Gasteiger partial charge in [0.05, 0.1) is 26.4 Å². The van der Waals surface area contributed by atoms with Gasteiger partial charge in [-0.25, -0.2) is 23.7 Å². The van der Waals surface area contributed by atoms with Crippen molar-refractivity contribution in [2.45, 2.75) is 77.8 Å². The number of hydrogen-bond acceptors (Lipinski definition) is 18. The molecule has 0 aliphatic carbocycles. The molecule has 5 unspecified atom stereocenters. The lowest BCUT2D eigenvalue weighted by molar-refractivity contribution is -0.132. The average Bonchev–Trinajstić information content (AvgIpc) is 3.40. The molecule has 2 heterocycles. The van der Waals surface area contributed by atoms with E-state index in [0.29, 0.717) is 22.1 Å². The smallest absolute Gasteiger partial charge is 0.449 e. The molecule has 1 aliphatic rings. The summed E-state index contributed by atoms with van der Waals surface area (Å²) in [5.74, 6) is -1.10. The highest BCUT2D eigenvalue weighted by Crippen LogP contribution is 2.64. The van der Waals surface area contributed by atoms with Gasteiger partial charge in [0.25, 0.3) is 0 Å². The molecule has 55 heavy (non-hydrogen) atoms. The summed E-state index contributed by atoms with van der Waals surface area (Å²) in [7, 11) is -10.4. The summed E-state index contributed by atoms with van der Waals surface area (Å²) in [6, 6.07) is 11.5. The van der Waals surface area contributed by atoms with E-state index < -0.39 is 89.7 Å². The molecule has 0 bridgehead atoms. The van der Waals surface area contributed by atoms with Crippen molar-refractivity contribution in [3.05, 3.63) is 76.5 Å². The van der Waals surface area contributed by atoms with E-state index in [9.17, 15) is 43.4 Å². The topological polar surface area (TPSA) is 280 Å². The molecule has 2 aromatic carbocycles. The molecule has 1 aliphatic heterocycles. The van der Waals surface area contributed by atoms with E-state index in [1.165, 1.54) is 62.4 Å². The number of aromatic nitrogens is 3. The Morgan fingerprint density at radius 2 is 1.44 bits per heavy atom. The first-order chi connectivity index (χ1) is 26.1. The third-order valence-corrected chi connectivity index (χ3v) is 10.3. The standard InChI is InChI=1S/C32H40N4O17P2/c1-4-5-6-15-46-32(42)35-30-33-19-36(31(41)34-30)29-28(40)27(39)26(52-29)18-47-54(43,44)53-55(45,48-16-22-7-11-24(12-8-22)50-20(2)37)49-17-23-9-13-25(14-10-23)51-21(3)38/h7-14,19,26-29,39-40H,4-6,15-18H2,1-3H3,(H,43,44)(H,34,35,41,42). The van der Waals surface area contributed by atoms with Gasteiger partial charge in [-0.05, 0) is 41.8 Å². The number of anilines is 1. The molecule has 4 rings (SSSR count). The number of carbonyl (C=O) groups excluding carboxylic acids is 3. The molecule has 4 N–H and O–H groups in total. The predicted octanol–water partition coefficient (Wildman–Crippen LogP) is 3.52. The number of phosphoric acid groups is 2. The molecule has 3 aromatic rings. The van der Waals surface area contributed by atoms with Crippen molar-refractivity contribution in [2.24, 2.45) is 0 Å². The number of esters is 2. The lowest BCUT2D eigenvalue weighted by Crippen LogP contribution is -2.36. The third-order valence-electron chi connectivity index (χ3n) is 7.29. The fourth-order valence-corrected chi connectivity index (χ4v) is 7.27. The van der Waals surface area contributed by atoms with Crippen molar-refractivity contribution in [1.82, 2.24) is 14.5 Å². The van der Waals surface area contributed by atoms with Gasteiger partial charge in [-0.15, -0.1) is 0 Å². The highest BCUT2D eigenvalue weighted by Gasteiger charge is 2.46. The van der Waals surface area contributed by atoms with Gasteiger partial charge in [0, 0.05) is 13.8 Å². The summed E-state index contributed by atoms with van der Waals surface area (Å²) in [6.07, 6.45) is -4.36. The van der Waals surface area contributed by atoms with Crippen LogP contribution in [-0.2, 0) is 59.3 Å². The van der Waals surface area contributed by atoms with Crippen molar-refractivity contribution in [1.29, 1.82) is 0 Å². The van der Waals surface area contributed by atoms with Gasteiger partial charge in [-0.2, -0.15) is 9.29 Å². The molecule has 1 saturated heterocycles. The number of amides is 1. The maximum Gasteiger partial charge on any atom is 0.484 e. The number of nitrogens with zero attached hydrogens (tertiary/aromatic N) is 3. The molecule has 0 saturated carbocycles. The summed E-state index contributed by atoms with van der Waals surface area (Å²) >= 11 is 0. The summed E-state index contributed by atoms with van der Waals surface area (Å²) in [4.78, 5) is 65.1. The number of aliphatic hydroxyl groups excluding tert-OH is 2. The van der Waals surface area contributed by atoms with Gasteiger partial charge in [0.2, 0.25) is 5.95 Å². The van der Waals surface area contributed by atoms with Crippen molar-refractivity contribution >= 4 is 39.6 Å². The highest BCUT2D eigenvalue weighted by molar-refractivity contribution is 7.61. The van der Waals surface area contributed by atoms with E-state index in [1.54, 1.807) is 0 Å². The molecule has 23 heteroatoms. The Kier molecular flexibility index (Phi) is 15.7. The second-order valence-corrected chi connectivity index (χ2v) is 15.0. The van der Waals surface area contributed by atoms with Crippen LogP contribution in [0.5, 0.6) is 11.5 Å². The van der Waals surface area contributed by atoms with Gasteiger partial charge in [-0.3, -0.25) is 33.0 Å². The third kappa shape index (κ3) is 13.7. The minimum absolute atomic E-state index is 0.146. The Balaban J connectivity index is 1.40. The van der Waals surface area contributed by atoms with E-state index in [2.05, 4.69) is 15.3 Å². The van der Waals surface area contributed by atoms with Crippen LogP contribution in [0.15, 0.2) is 59.7 Å². The van der Waals surface area contributed by atoms with Gasteiger partial charge in [0.1, 0.15) is 36.1 Å². The Morgan fingerprint density at radius 1 is 0.873 bits per heavy atom. The quantitative estimate of drug-likeness (QED) is 0.0583. The zero-order valence-electron chi connectivity index (χ0n) is 29.7. The average molecular weight is 815 g/mol. The van der Waals surface area contributed by atoms with Gasteiger partial charge >= 0.3 is 39.4 Å². The minimum Gasteiger partial charge on any atom is -0.449 e. The van der Waals surface area contributed by atoms with Crippen LogP contribution in [0.1, 0.15) is 57.4 Å². The molecule has 21 nitrogen and oxygen atoms in total. The minimum atomic E-state index is -5.38. The van der Waals surface area contributed by atoms with Crippen LogP contribution in [0.25, 0.3) is 0 Å². The monoisotopic (exact) mass is 814 g/mol. The van der Waals surface area contributed by atoms with Gasteiger partial charge in [-0.1, -0.05) is 44.0 Å². The Labute approximate surface area is 313 Å². The zero-order valence-corrected chi connectivity index (χ0v) is 31.5. The summed E-state index contributed by atoms with van der Waals surface area (Å²) < 4.78 is 68.5. The fourth-order valence-electron chi connectivity index (χ4n) is 4.67. The molecule has 0 spiro atoms. The number of nitrogens with one attached hydrogen (secondary N) is 1. The first-order valence-electron chi connectivity index (χ1n) is 16.6. The summed E-state index contributed by atoms with van der Waals surface area (Å²) in [5, 5.41) is 23.4. The Bertz CT molecular complexity index is 1860. The second-order valence-electron chi connectivity index (χ2n) is 11.7. The first kappa shape index (κ1) is 43.3. The maximum absolute atomic E-state index is 13.7. The number of hydrogen-bond donors (Lipinski definition) is 4. The molecule has 5 atom stereocenters. The van der Waals surface area contributed by atoms with Crippen LogP contribution in [0, 0.1) is 0 Å². The van der Waals surface area contributed by atoms with Crippen LogP contribution in [-0.4, -0.2) is 79.2 Å². The number of benzene rings is 2. The van der Waals surface area contributed by atoms with Crippen LogP contribution in [0.4, 0.5) is 10.7 Å². The van der Waals surface area contributed by atoms with E-state index in [-0.39, 0.29) is 18.1 Å². The van der Waals surface area contributed by atoms with Crippen LogP contribution < -0.4 is 20.5 Å². The Hall–Kier alpha value is -4.40. The first-order valence-corrected chi connectivity index (χ1v) is 19.5. The lowest BCUT2D eigenvalue weighted by atomic mass is 10.1. The zero-order chi connectivity index (χ0) is 40.2. The van der Waals surface area contributed by atoms with Crippen molar-refractivity contribution in [2.75, 3.05) is 18.5 Å². The largest absolute Gasteiger partial charge is 0.484 e. The maximum atomic E-state index is 13.7. The van der Waals surface area contributed by atoms with Crippen LogP contribution in [0.3, 0.4) is 0 Å². The van der Waals surface area contributed by atoms with Crippen molar-refractivity contribution in [3.63, 3.8) is 0 Å². The fraction of sp³-hybridized carbons (Fsp3) is 0.438. The lowest BCUT2D eigenvalue weighted by Gasteiger charge is -2.22. The molecule has 1 fully saturated rings. The number of aliphatic hydroxyl groups is 2. The van der Waals surface area contributed by atoms with Gasteiger partial charge < -0.3 is 34.1 Å². The molecule has 300 valence electrons.